The minimum Gasteiger partial charge on any atom is -0.493 e. The van der Waals surface area contributed by atoms with Crippen molar-refractivity contribution in [3.63, 3.8) is 0 Å². The molecule has 3 amide bonds. The molecule has 1 heterocycles. The molecular formula is C20H23N3O4. The highest BCUT2D eigenvalue weighted by molar-refractivity contribution is 5.94. The second kappa shape index (κ2) is 7.99. The summed E-state index contributed by atoms with van der Waals surface area (Å²) in [4.78, 5) is 25.6. The van der Waals surface area contributed by atoms with E-state index in [-0.39, 0.29) is 11.9 Å². The number of hydrogen-bond acceptors (Lipinski definition) is 4. The van der Waals surface area contributed by atoms with Gasteiger partial charge in [0, 0.05) is 37.5 Å². The van der Waals surface area contributed by atoms with Crippen molar-refractivity contribution in [1.29, 1.82) is 0 Å². The van der Waals surface area contributed by atoms with Crippen molar-refractivity contribution in [3.8, 4) is 11.5 Å². The first kappa shape index (κ1) is 18.6. The number of amides is 3. The fourth-order valence-electron chi connectivity index (χ4n) is 3.16. The highest BCUT2D eigenvalue weighted by Gasteiger charge is 2.22. The molecule has 0 atom stereocenters. The van der Waals surface area contributed by atoms with Gasteiger partial charge in [-0.15, -0.1) is 0 Å². The molecule has 0 saturated carbocycles. The Hall–Kier alpha value is -3.22. The Balaban J connectivity index is 1.59. The van der Waals surface area contributed by atoms with E-state index in [1.54, 1.807) is 44.2 Å². The van der Waals surface area contributed by atoms with Gasteiger partial charge >= 0.3 is 6.03 Å². The summed E-state index contributed by atoms with van der Waals surface area (Å²) in [6.45, 7) is 2.68. The first-order chi connectivity index (χ1) is 13.0. The zero-order valence-corrected chi connectivity index (χ0v) is 15.7. The maximum atomic E-state index is 12.2. The molecule has 0 radical (unpaired) electrons. The lowest BCUT2D eigenvalue weighted by Gasteiger charge is -2.15. The number of carbonyl (C=O) groups excluding carboxylic acids is 2. The van der Waals surface area contributed by atoms with Crippen LogP contribution in [0.3, 0.4) is 0 Å². The Labute approximate surface area is 158 Å². The van der Waals surface area contributed by atoms with E-state index >= 15 is 0 Å². The number of anilines is 2. The number of benzene rings is 2. The molecule has 2 aromatic rings. The average Bonchev–Trinajstić information content (AvgIpc) is 3.09. The van der Waals surface area contributed by atoms with Gasteiger partial charge in [0.05, 0.1) is 14.2 Å². The summed E-state index contributed by atoms with van der Waals surface area (Å²) in [7, 11) is 3.10. The molecule has 0 fully saturated rings. The van der Waals surface area contributed by atoms with Crippen molar-refractivity contribution in [1.82, 2.24) is 5.32 Å². The fourth-order valence-corrected chi connectivity index (χ4v) is 3.16. The van der Waals surface area contributed by atoms with E-state index in [2.05, 4.69) is 10.6 Å². The number of ether oxygens (including phenoxy) is 2. The van der Waals surface area contributed by atoms with Gasteiger partial charge in [-0.25, -0.2) is 4.79 Å². The monoisotopic (exact) mass is 369 g/mol. The minimum atomic E-state index is -0.312. The van der Waals surface area contributed by atoms with Gasteiger partial charge in [0.15, 0.2) is 11.5 Å². The van der Waals surface area contributed by atoms with Crippen LogP contribution in [0.2, 0.25) is 0 Å². The molecule has 0 spiro atoms. The smallest absolute Gasteiger partial charge is 0.319 e. The summed E-state index contributed by atoms with van der Waals surface area (Å²) in [5.74, 6) is 1.19. The summed E-state index contributed by atoms with van der Waals surface area (Å²) in [5, 5.41) is 5.61. The SMILES string of the molecule is COc1ccc(NC(=O)NCc2ccc3c(c2)CCN3C(C)=O)cc1OC. The van der Waals surface area contributed by atoms with Crippen LogP contribution in [0.25, 0.3) is 0 Å². The van der Waals surface area contributed by atoms with E-state index in [4.69, 9.17) is 9.47 Å². The first-order valence-corrected chi connectivity index (χ1v) is 8.68. The minimum absolute atomic E-state index is 0.0499. The topological polar surface area (TPSA) is 79.9 Å². The third kappa shape index (κ3) is 4.13. The van der Waals surface area contributed by atoms with Crippen molar-refractivity contribution < 1.29 is 19.1 Å². The summed E-state index contributed by atoms with van der Waals surface area (Å²) >= 11 is 0. The zero-order valence-electron chi connectivity index (χ0n) is 15.7. The maximum absolute atomic E-state index is 12.2. The normalized spacial score (nSPS) is 12.3. The molecule has 7 nitrogen and oxygen atoms in total. The van der Waals surface area contributed by atoms with E-state index in [1.807, 2.05) is 18.2 Å². The van der Waals surface area contributed by atoms with Crippen LogP contribution in [0.15, 0.2) is 36.4 Å². The lowest BCUT2D eigenvalue weighted by molar-refractivity contribution is -0.116. The molecule has 0 bridgehead atoms. The molecule has 0 saturated heterocycles. The number of fused-ring (bicyclic) bond motifs is 1. The summed E-state index contributed by atoms with van der Waals surface area (Å²) in [6, 6.07) is 10.8. The predicted octanol–water partition coefficient (Wildman–Crippen LogP) is 2.93. The molecule has 2 N–H and O–H groups in total. The van der Waals surface area contributed by atoms with E-state index in [1.165, 1.54) is 0 Å². The maximum Gasteiger partial charge on any atom is 0.319 e. The molecule has 27 heavy (non-hydrogen) atoms. The Morgan fingerprint density at radius 2 is 1.85 bits per heavy atom. The summed E-state index contributed by atoms with van der Waals surface area (Å²) in [5.41, 5.74) is 3.68. The van der Waals surface area contributed by atoms with Gasteiger partial charge in [-0.2, -0.15) is 0 Å². The molecule has 3 rings (SSSR count). The van der Waals surface area contributed by atoms with E-state index in [0.29, 0.717) is 30.3 Å². The fraction of sp³-hybridized carbons (Fsp3) is 0.300. The van der Waals surface area contributed by atoms with Crippen LogP contribution in [0, 0.1) is 0 Å². The van der Waals surface area contributed by atoms with Crippen LogP contribution in [-0.2, 0) is 17.8 Å². The lowest BCUT2D eigenvalue weighted by Crippen LogP contribution is -2.28. The number of urea groups is 1. The van der Waals surface area contributed by atoms with Gasteiger partial charge in [0.2, 0.25) is 5.91 Å². The third-order valence-electron chi connectivity index (χ3n) is 4.51. The molecular weight excluding hydrogens is 346 g/mol. The number of methoxy groups -OCH3 is 2. The Morgan fingerprint density at radius 1 is 1.07 bits per heavy atom. The van der Waals surface area contributed by atoms with Gasteiger partial charge in [0.1, 0.15) is 0 Å². The van der Waals surface area contributed by atoms with Crippen LogP contribution < -0.4 is 25.0 Å². The van der Waals surface area contributed by atoms with Gasteiger partial charge in [0.25, 0.3) is 0 Å². The predicted molar refractivity (Wildman–Crippen MR) is 104 cm³/mol. The van der Waals surface area contributed by atoms with Gasteiger partial charge in [-0.3, -0.25) is 4.79 Å². The summed E-state index contributed by atoms with van der Waals surface area (Å²) < 4.78 is 10.4. The second-order valence-electron chi connectivity index (χ2n) is 6.26. The van der Waals surface area contributed by atoms with Crippen molar-refractivity contribution in [2.45, 2.75) is 19.9 Å². The Morgan fingerprint density at radius 3 is 2.56 bits per heavy atom. The standard InChI is InChI=1S/C20H23N3O4/c1-13(24)23-9-8-15-10-14(4-6-17(15)23)12-21-20(25)22-16-5-7-18(26-2)19(11-16)27-3/h4-7,10-11H,8-9,12H2,1-3H3,(H2,21,22,25). The Bertz CT molecular complexity index is 866. The summed E-state index contributed by atoms with van der Waals surface area (Å²) in [6.07, 6.45) is 0.834. The third-order valence-corrected chi connectivity index (χ3v) is 4.51. The van der Waals surface area contributed by atoms with Gasteiger partial charge in [-0.1, -0.05) is 12.1 Å². The zero-order chi connectivity index (χ0) is 19.4. The number of rotatable bonds is 5. The number of carbonyl (C=O) groups is 2. The average molecular weight is 369 g/mol. The first-order valence-electron chi connectivity index (χ1n) is 8.68. The van der Waals surface area contributed by atoms with Crippen LogP contribution in [-0.4, -0.2) is 32.7 Å². The van der Waals surface area contributed by atoms with E-state index in [0.717, 1.165) is 23.2 Å². The highest BCUT2D eigenvalue weighted by Crippen LogP contribution is 2.30. The van der Waals surface area contributed by atoms with Crippen LogP contribution in [0.5, 0.6) is 11.5 Å². The van der Waals surface area contributed by atoms with Crippen LogP contribution >= 0.6 is 0 Å². The quantitative estimate of drug-likeness (QED) is 0.849. The van der Waals surface area contributed by atoms with Crippen molar-refractivity contribution >= 4 is 23.3 Å². The van der Waals surface area contributed by atoms with Crippen molar-refractivity contribution in [2.75, 3.05) is 31.0 Å². The number of nitrogens with zero attached hydrogens (tertiary/aromatic N) is 1. The number of nitrogens with one attached hydrogen (secondary N) is 2. The molecule has 142 valence electrons. The molecule has 7 heteroatoms. The number of hydrogen-bond donors (Lipinski definition) is 2. The molecule has 2 aromatic carbocycles. The lowest BCUT2D eigenvalue weighted by atomic mass is 10.1. The van der Waals surface area contributed by atoms with E-state index < -0.39 is 0 Å². The van der Waals surface area contributed by atoms with Gasteiger partial charge in [-0.05, 0) is 35.7 Å². The molecule has 1 aliphatic heterocycles. The molecule has 1 aliphatic rings. The largest absolute Gasteiger partial charge is 0.493 e. The molecule has 0 aliphatic carbocycles. The molecule has 0 unspecified atom stereocenters. The Kier molecular flexibility index (Phi) is 5.49. The second-order valence-corrected chi connectivity index (χ2v) is 6.26. The van der Waals surface area contributed by atoms with Crippen molar-refractivity contribution in [2.24, 2.45) is 0 Å². The van der Waals surface area contributed by atoms with Gasteiger partial charge < -0.3 is 25.0 Å². The van der Waals surface area contributed by atoms with Crippen LogP contribution in [0.1, 0.15) is 18.1 Å². The highest BCUT2D eigenvalue weighted by atomic mass is 16.5. The molecule has 0 aromatic heterocycles. The van der Waals surface area contributed by atoms with E-state index in [9.17, 15) is 9.59 Å². The van der Waals surface area contributed by atoms with Crippen LogP contribution in [0.4, 0.5) is 16.2 Å². The van der Waals surface area contributed by atoms with Crippen molar-refractivity contribution in [3.05, 3.63) is 47.5 Å².